The second-order valence-corrected chi connectivity index (χ2v) is 3.78. The Labute approximate surface area is 106 Å². The van der Waals surface area contributed by atoms with Gasteiger partial charge in [-0.1, -0.05) is 46.8 Å². The normalized spacial score (nSPS) is 15.4. The quantitative estimate of drug-likeness (QED) is 0.774. The first-order chi connectivity index (χ1) is 8.24. The molecule has 17 heavy (non-hydrogen) atoms. The molecule has 98 valence electrons. The molecule has 0 saturated carbocycles. The number of methoxy groups -OCH3 is 1. The Balaban J connectivity index is 0.000000581. The first kappa shape index (κ1) is 16.0. The third kappa shape index (κ3) is 4.04. The van der Waals surface area contributed by atoms with Gasteiger partial charge in [0.2, 0.25) is 0 Å². The van der Waals surface area contributed by atoms with Crippen molar-refractivity contribution in [3.63, 3.8) is 0 Å². The second kappa shape index (κ2) is 8.13. The van der Waals surface area contributed by atoms with Crippen molar-refractivity contribution >= 4 is 0 Å². The van der Waals surface area contributed by atoms with E-state index >= 15 is 0 Å². The van der Waals surface area contributed by atoms with Crippen LogP contribution in [0.5, 0.6) is 5.75 Å². The third-order valence-corrected chi connectivity index (χ3v) is 2.63. The summed E-state index contributed by atoms with van der Waals surface area (Å²) in [6, 6.07) is 8.22. The van der Waals surface area contributed by atoms with Gasteiger partial charge < -0.3 is 9.47 Å². The Hall–Kier alpha value is -1.02. The molecule has 2 rings (SSSR count). The molecule has 0 bridgehead atoms. The van der Waals surface area contributed by atoms with Gasteiger partial charge in [0.1, 0.15) is 5.75 Å². The topological polar surface area (TPSA) is 18.5 Å². The zero-order chi connectivity index (χ0) is 13.3. The summed E-state index contributed by atoms with van der Waals surface area (Å²) >= 11 is 0. The fourth-order valence-electron chi connectivity index (χ4n) is 1.57. The van der Waals surface area contributed by atoms with E-state index in [9.17, 15) is 0 Å². The van der Waals surface area contributed by atoms with E-state index in [-0.39, 0.29) is 5.41 Å². The Bertz CT molecular complexity index is 286. The minimum atomic E-state index is 0.228. The summed E-state index contributed by atoms with van der Waals surface area (Å²) in [7, 11) is 1.68. The largest absolute Gasteiger partial charge is 0.497 e. The zero-order valence-electron chi connectivity index (χ0n) is 12.0. The lowest BCUT2D eigenvalue weighted by Crippen LogP contribution is -2.43. The van der Waals surface area contributed by atoms with Crippen LogP contribution in [0.15, 0.2) is 24.3 Å². The summed E-state index contributed by atoms with van der Waals surface area (Å²) in [6.45, 7) is 11.9. The lowest BCUT2D eigenvalue weighted by Gasteiger charge is -2.38. The predicted octanol–water partition coefficient (Wildman–Crippen LogP) is 4.04. The van der Waals surface area contributed by atoms with Crippen molar-refractivity contribution in [1.29, 1.82) is 0 Å². The van der Waals surface area contributed by atoms with Gasteiger partial charge in [0.25, 0.3) is 0 Å². The maximum atomic E-state index is 5.22. The standard InChI is InChI=1S/C11H14O2.2C2H6/c1-11(7-13-8-11)9-3-5-10(12-2)6-4-9;2*1-2/h3-6H,7-8H2,1-2H3;2*1-2H3. The van der Waals surface area contributed by atoms with Gasteiger partial charge in [-0.05, 0) is 17.7 Å². The SMILES string of the molecule is CC.CC.COc1ccc(C2(C)COC2)cc1. The molecular weight excluding hydrogens is 212 g/mol. The van der Waals surface area contributed by atoms with Gasteiger partial charge in [-0.3, -0.25) is 0 Å². The van der Waals surface area contributed by atoms with E-state index < -0.39 is 0 Å². The van der Waals surface area contributed by atoms with Crippen molar-refractivity contribution in [3.8, 4) is 5.75 Å². The van der Waals surface area contributed by atoms with Crippen LogP contribution in [-0.2, 0) is 10.2 Å². The molecule has 0 amide bonds. The van der Waals surface area contributed by atoms with Gasteiger partial charge in [0.05, 0.1) is 20.3 Å². The molecule has 1 aliphatic heterocycles. The Morgan fingerprint density at radius 3 is 1.76 bits per heavy atom. The number of hydrogen-bond donors (Lipinski definition) is 0. The fourth-order valence-corrected chi connectivity index (χ4v) is 1.57. The minimum Gasteiger partial charge on any atom is -0.497 e. The smallest absolute Gasteiger partial charge is 0.118 e. The lowest BCUT2D eigenvalue weighted by molar-refractivity contribution is -0.0500. The average molecular weight is 238 g/mol. The average Bonchev–Trinajstić information content (AvgIpc) is 2.41. The summed E-state index contributed by atoms with van der Waals surface area (Å²) in [4.78, 5) is 0. The summed E-state index contributed by atoms with van der Waals surface area (Å²) in [5.41, 5.74) is 1.56. The fraction of sp³-hybridized carbons (Fsp3) is 0.600. The summed E-state index contributed by atoms with van der Waals surface area (Å²) in [5, 5.41) is 0. The number of ether oxygens (including phenoxy) is 2. The van der Waals surface area contributed by atoms with Crippen LogP contribution in [0.25, 0.3) is 0 Å². The first-order valence-corrected chi connectivity index (χ1v) is 6.47. The maximum absolute atomic E-state index is 5.22. The van der Waals surface area contributed by atoms with E-state index in [4.69, 9.17) is 9.47 Å². The van der Waals surface area contributed by atoms with E-state index in [1.54, 1.807) is 7.11 Å². The number of benzene rings is 1. The summed E-state index contributed by atoms with van der Waals surface area (Å²) in [6.07, 6.45) is 0. The second-order valence-electron chi connectivity index (χ2n) is 3.78. The van der Waals surface area contributed by atoms with Gasteiger partial charge in [0, 0.05) is 5.41 Å². The monoisotopic (exact) mass is 238 g/mol. The van der Waals surface area contributed by atoms with Gasteiger partial charge in [-0.2, -0.15) is 0 Å². The molecule has 1 heterocycles. The van der Waals surface area contributed by atoms with Crippen molar-refractivity contribution in [2.75, 3.05) is 20.3 Å². The van der Waals surface area contributed by atoms with Crippen molar-refractivity contribution in [3.05, 3.63) is 29.8 Å². The van der Waals surface area contributed by atoms with Crippen molar-refractivity contribution in [2.45, 2.75) is 40.0 Å². The van der Waals surface area contributed by atoms with Crippen LogP contribution in [0.4, 0.5) is 0 Å². The molecule has 0 spiro atoms. The van der Waals surface area contributed by atoms with Crippen LogP contribution in [0, 0.1) is 0 Å². The molecule has 1 saturated heterocycles. The molecule has 2 nitrogen and oxygen atoms in total. The van der Waals surface area contributed by atoms with Gasteiger partial charge >= 0.3 is 0 Å². The van der Waals surface area contributed by atoms with Gasteiger partial charge in [-0.25, -0.2) is 0 Å². The predicted molar refractivity (Wildman–Crippen MR) is 73.9 cm³/mol. The molecule has 1 fully saturated rings. The van der Waals surface area contributed by atoms with Gasteiger partial charge in [-0.15, -0.1) is 0 Å². The molecule has 0 atom stereocenters. The third-order valence-electron chi connectivity index (χ3n) is 2.63. The zero-order valence-corrected chi connectivity index (χ0v) is 12.0. The Morgan fingerprint density at radius 1 is 1.00 bits per heavy atom. The molecule has 1 aromatic rings. The van der Waals surface area contributed by atoms with Crippen LogP contribution < -0.4 is 4.74 Å². The van der Waals surface area contributed by atoms with Crippen molar-refractivity contribution < 1.29 is 9.47 Å². The van der Waals surface area contributed by atoms with Crippen molar-refractivity contribution in [1.82, 2.24) is 0 Å². The van der Waals surface area contributed by atoms with E-state index in [0.29, 0.717) is 0 Å². The molecule has 0 aromatic heterocycles. The van der Waals surface area contributed by atoms with Crippen LogP contribution in [-0.4, -0.2) is 20.3 Å². The van der Waals surface area contributed by atoms with E-state index in [1.807, 2.05) is 39.8 Å². The molecule has 0 N–H and O–H groups in total. The number of hydrogen-bond acceptors (Lipinski definition) is 2. The number of rotatable bonds is 2. The highest BCUT2D eigenvalue weighted by molar-refractivity contribution is 5.33. The molecule has 0 radical (unpaired) electrons. The van der Waals surface area contributed by atoms with E-state index in [1.165, 1.54) is 5.56 Å². The lowest BCUT2D eigenvalue weighted by atomic mass is 9.81. The highest BCUT2D eigenvalue weighted by Gasteiger charge is 2.34. The van der Waals surface area contributed by atoms with E-state index in [2.05, 4.69) is 19.1 Å². The highest BCUT2D eigenvalue weighted by Crippen LogP contribution is 2.32. The summed E-state index contributed by atoms with van der Waals surface area (Å²) < 4.78 is 10.3. The molecular formula is C15H26O2. The van der Waals surface area contributed by atoms with Gasteiger partial charge in [0.15, 0.2) is 0 Å². The Kier molecular flexibility index (Phi) is 7.64. The highest BCUT2D eigenvalue weighted by atomic mass is 16.5. The van der Waals surface area contributed by atoms with E-state index in [0.717, 1.165) is 19.0 Å². The van der Waals surface area contributed by atoms with Crippen LogP contribution >= 0.6 is 0 Å². The molecule has 0 aliphatic carbocycles. The summed E-state index contributed by atoms with van der Waals surface area (Å²) in [5.74, 6) is 0.910. The van der Waals surface area contributed by atoms with Crippen LogP contribution in [0.2, 0.25) is 0 Å². The van der Waals surface area contributed by atoms with Crippen LogP contribution in [0.3, 0.4) is 0 Å². The molecule has 1 aromatic carbocycles. The molecule has 2 heteroatoms. The Morgan fingerprint density at radius 2 is 1.47 bits per heavy atom. The molecule has 0 unspecified atom stereocenters. The molecule has 1 aliphatic rings. The first-order valence-electron chi connectivity index (χ1n) is 6.47. The minimum absolute atomic E-state index is 0.228. The van der Waals surface area contributed by atoms with Crippen molar-refractivity contribution in [2.24, 2.45) is 0 Å². The van der Waals surface area contributed by atoms with Crippen LogP contribution in [0.1, 0.15) is 40.2 Å². The maximum Gasteiger partial charge on any atom is 0.118 e.